The van der Waals surface area contributed by atoms with Gasteiger partial charge in [0.05, 0.1) is 12.6 Å². The highest BCUT2D eigenvalue weighted by Crippen LogP contribution is 2.29. The van der Waals surface area contributed by atoms with Gasteiger partial charge in [0.2, 0.25) is 0 Å². The standard InChI is InChI=1S/C23H25ClN4O/c1-29-18-11-12-21-19(14-18)23(26-17-9-7-16(25)8-10-17)28-22(27-21)13-6-15-4-2-3-5-20(15)24/h2-6,11-14,16-17H,7-10,25H2,1H3,(H,26,27,28)/b13-6-. The normalized spacial score (nSPS) is 19.6. The molecule has 0 atom stereocenters. The summed E-state index contributed by atoms with van der Waals surface area (Å²) in [5, 5.41) is 5.28. The van der Waals surface area contributed by atoms with Gasteiger partial charge in [-0.15, -0.1) is 0 Å². The van der Waals surface area contributed by atoms with Gasteiger partial charge in [0, 0.05) is 22.5 Å². The molecule has 5 nitrogen and oxygen atoms in total. The second-order valence-electron chi connectivity index (χ2n) is 7.42. The van der Waals surface area contributed by atoms with Crippen molar-refractivity contribution < 1.29 is 4.74 Å². The summed E-state index contributed by atoms with van der Waals surface area (Å²) in [7, 11) is 1.67. The molecule has 3 aromatic rings. The van der Waals surface area contributed by atoms with Crippen LogP contribution < -0.4 is 15.8 Å². The molecule has 1 heterocycles. The summed E-state index contributed by atoms with van der Waals surface area (Å²) in [5.41, 5.74) is 7.86. The first-order valence-corrected chi connectivity index (χ1v) is 10.3. The maximum Gasteiger partial charge on any atom is 0.154 e. The number of nitrogens with two attached hydrogens (primary N) is 1. The monoisotopic (exact) mass is 408 g/mol. The van der Waals surface area contributed by atoms with Crippen LogP contribution in [-0.2, 0) is 0 Å². The van der Waals surface area contributed by atoms with Crippen molar-refractivity contribution in [2.75, 3.05) is 12.4 Å². The number of rotatable bonds is 5. The van der Waals surface area contributed by atoms with Gasteiger partial charge >= 0.3 is 0 Å². The van der Waals surface area contributed by atoms with Crippen molar-refractivity contribution >= 4 is 40.5 Å². The lowest BCUT2D eigenvalue weighted by molar-refractivity contribution is 0.410. The number of nitrogens with zero attached hydrogens (tertiary/aromatic N) is 2. The predicted molar refractivity (Wildman–Crippen MR) is 120 cm³/mol. The molecule has 4 rings (SSSR count). The summed E-state index contributed by atoms with van der Waals surface area (Å²) >= 11 is 6.26. The van der Waals surface area contributed by atoms with Crippen LogP contribution in [0.2, 0.25) is 5.02 Å². The number of hydrogen-bond donors (Lipinski definition) is 2. The SMILES string of the molecule is COc1ccc2nc(/C=C\c3ccccc3Cl)nc(NC3CCC(N)CC3)c2c1. The fourth-order valence-electron chi connectivity index (χ4n) is 3.67. The number of halogens is 1. The summed E-state index contributed by atoms with van der Waals surface area (Å²) in [6.45, 7) is 0. The van der Waals surface area contributed by atoms with Gasteiger partial charge in [0.15, 0.2) is 5.82 Å². The second-order valence-corrected chi connectivity index (χ2v) is 7.83. The summed E-state index contributed by atoms with van der Waals surface area (Å²) in [6, 6.07) is 14.2. The first-order chi connectivity index (χ1) is 14.1. The average Bonchev–Trinajstić information content (AvgIpc) is 2.74. The van der Waals surface area contributed by atoms with Gasteiger partial charge in [0.25, 0.3) is 0 Å². The lowest BCUT2D eigenvalue weighted by Crippen LogP contribution is -2.33. The van der Waals surface area contributed by atoms with Crippen molar-refractivity contribution in [3.05, 3.63) is 58.9 Å². The van der Waals surface area contributed by atoms with E-state index in [4.69, 9.17) is 32.0 Å². The second kappa shape index (κ2) is 8.80. The van der Waals surface area contributed by atoms with E-state index in [1.54, 1.807) is 7.11 Å². The molecule has 1 fully saturated rings. The Hall–Kier alpha value is -2.63. The van der Waals surface area contributed by atoms with Crippen molar-refractivity contribution in [1.82, 2.24) is 9.97 Å². The molecule has 3 N–H and O–H groups in total. The predicted octanol–water partition coefficient (Wildman–Crippen LogP) is 5.14. The minimum absolute atomic E-state index is 0.310. The molecule has 1 aliphatic rings. The van der Waals surface area contributed by atoms with E-state index in [0.29, 0.717) is 22.9 Å². The molecule has 0 aliphatic heterocycles. The molecule has 0 bridgehead atoms. The molecule has 2 aromatic carbocycles. The Bertz CT molecular complexity index is 1030. The molecule has 1 aromatic heterocycles. The van der Waals surface area contributed by atoms with E-state index in [0.717, 1.165) is 53.7 Å². The number of anilines is 1. The Morgan fingerprint density at radius 1 is 1.07 bits per heavy atom. The molecule has 1 saturated carbocycles. The lowest BCUT2D eigenvalue weighted by atomic mass is 9.92. The first-order valence-electron chi connectivity index (χ1n) is 9.93. The van der Waals surface area contributed by atoms with Gasteiger partial charge in [-0.05, 0) is 67.7 Å². The number of hydrogen-bond acceptors (Lipinski definition) is 5. The number of fused-ring (bicyclic) bond motifs is 1. The van der Waals surface area contributed by atoms with Crippen molar-refractivity contribution in [3.63, 3.8) is 0 Å². The molecule has 150 valence electrons. The molecular weight excluding hydrogens is 384 g/mol. The third-order valence-corrected chi connectivity index (χ3v) is 5.69. The molecule has 0 amide bonds. The van der Waals surface area contributed by atoms with E-state index < -0.39 is 0 Å². The third-order valence-electron chi connectivity index (χ3n) is 5.35. The molecule has 1 aliphatic carbocycles. The molecular formula is C23H25ClN4O. The van der Waals surface area contributed by atoms with Crippen LogP contribution in [-0.4, -0.2) is 29.2 Å². The van der Waals surface area contributed by atoms with Crippen LogP contribution in [0, 0.1) is 0 Å². The van der Waals surface area contributed by atoms with Crippen LogP contribution in [0.5, 0.6) is 5.75 Å². The smallest absolute Gasteiger partial charge is 0.154 e. The minimum atomic E-state index is 0.310. The largest absolute Gasteiger partial charge is 0.497 e. The Morgan fingerprint density at radius 3 is 2.62 bits per heavy atom. The van der Waals surface area contributed by atoms with E-state index >= 15 is 0 Å². The number of nitrogens with one attached hydrogen (secondary N) is 1. The number of ether oxygens (including phenoxy) is 1. The maximum absolute atomic E-state index is 6.26. The van der Waals surface area contributed by atoms with Crippen LogP contribution in [0.4, 0.5) is 5.82 Å². The Morgan fingerprint density at radius 2 is 1.86 bits per heavy atom. The van der Waals surface area contributed by atoms with Gasteiger partial charge in [-0.3, -0.25) is 0 Å². The highest BCUT2D eigenvalue weighted by molar-refractivity contribution is 6.32. The van der Waals surface area contributed by atoms with Crippen molar-refractivity contribution in [2.24, 2.45) is 5.73 Å². The van der Waals surface area contributed by atoms with Gasteiger partial charge in [0.1, 0.15) is 11.6 Å². The van der Waals surface area contributed by atoms with E-state index in [1.165, 1.54) is 0 Å². The minimum Gasteiger partial charge on any atom is -0.497 e. The summed E-state index contributed by atoms with van der Waals surface area (Å²) in [5.74, 6) is 2.25. The zero-order valence-electron chi connectivity index (χ0n) is 16.4. The average molecular weight is 409 g/mol. The molecule has 0 radical (unpaired) electrons. The summed E-state index contributed by atoms with van der Waals surface area (Å²) in [6.07, 6.45) is 7.98. The van der Waals surface area contributed by atoms with Crippen molar-refractivity contribution in [1.29, 1.82) is 0 Å². The topological polar surface area (TPSA) is 73.1 Å². The van der Waals surface area contributed by atoms with Crippen LogP contribution in [0.1, 0.15) is 37.1 Å². The zero-order chi connectivity index (χ0) is 20.2. The van der Waals surface area contributed by atoms with Gasteiger partial charge in [-0.1, -0.05) is 29.8 Å². The van der Waals surface area contributed by atoms with Crippen LogP contribution in [0.15, 0.2) is 42.5 Å². The van der Waals surface area contributed by atoms with Crippen LogP contribution >= 0.6 is 11.6 Å². The fraction of sp³-hybridized carbons (Fsp3) is 0.304. The van der Waals surface area contributed by atoms with Gasteiger partial charge in [-0.25, -0.2) is 9.97 Å². The van der Waals surface area contributed by atoms with Crippen LogP contribution in [0.25, 0.3) is 23.1 Å². The van der Waals surface area contributed by atoms with Gasteiger partial charge < -0.3 is 15.8 Å². The zero-order valence-corrected chi connectivity index (χ0v) is 17.2. The molecule has 0 unspecified atom stereocenters. The number of benzene rings is 2. The quantitative estimate of drug-likeness (QED) is 0.611. The molecule has 6 heteroatoms. The highest BCUT2D eigenvalue weighted by atomic mass is 35.5. The fourth-order valence-corrected chi connectivity index (χ4v) is 3.87. The van der Waals surface area contributed by atoms with Crippen LogP contribution in [0.3, 0.4) is 0 Å². The maximum atomic E-state index is 6.26. The molecule has 0 spiro atoms. The Balaban J connectivity index is 1.69. The van der Waals surface area contributed by atoms with E-state index in [2.05, 4.69) is 5.32 Å². The third kappa shape index (κ3) is 4.69. The van der Waals surface area contributed by atoms with Crippen molar-refractivity contribution in [2.45, 2.75) is 37.8 Å². The van der Waals surface area contributed by atoms with Crippen molar-refractivity contribution in [3.8, 4) is 5.75 Å². The number of methoxy groups -OCH3 is 1. The van der Waals surface area contributed by atoms with E-state index in [-0.39, 0.29) is 0 Å². The Kier molecular flexibility index (Phi) is 5.97. The first kappa shape index (κ1) is 19.7. The lowest BCUT2D eigenvalue weighted by Gasteiger charge is -2.27. The summed E-state index contributed by atoms with van der Waals surface area (Å²) < 4.78 is 5.40. The molecule has 0 saturated heterocycles. The van der Waals surface area contributed by atoms with E-state index in [9.17, 15) is 0 Å². The summed E-state index contributed by atoms with van der Waals surface area (Å²) in [4.78, 5) is 9.50. The Labute approximate surface area is 176 Å². The molecule has 29 heavy (non-hydrogen) atoms. The number of aromatic nitrogens is 2. The highest BCUT2D eigenvalue weighted by Gasteiger charge is 2.20. The van der Waals surface area contributed by atoms with Gasteiger partial charge in [-0.2, -0.15) is 0 Å². The van der Waals surface area contributed by atoms with E-state index in [1.807, 2.05) is 54.6 Å².